The number of ketones is 1. The molecule has 0 N–H and O–H groups in total. The van der Waals surface area contributed by atoms with Gasteiger partial charge in [-0.05, 0) is 92.1 Å². The third-order valence-corrected chi connectivity index (χ3v) is 8.40. The molecule has 0 amide bonds. The number of allylic oxidation sites excluding steroid dienone is 3. The van der Waals surface area contributed by atoms with Gasteiger partial charge in [0.15, 0.2) is 5.78 Å². The molecule has 0 aromatic carbocycles. The molecule has 0 aromatic heterocycles. The van der Waals surface area contributed by atoms with E-state index in [2.05, 4.69) is 13.8 Å². The van der Waals surface area contributed by atoms with Gasteiger partial charge in [-0.1, -0.05) is 25.0 Å². The van der Waals surface area contributed by atoms with Crippen molar-refractivity contribution in [2.24, 2.45) is 28.6 Å². The number of rotatable bonds is 1. The summed E-state index contributed by atoms with van der Waals surface area (Å²) in [7, 11) is 0. The summed E-state index contributed by atoms with van der Waals surface area (Å²) in [5, 5.41) is 0. The first-order valence-electron chi connectivity index (χ1n) is 9.79. The average Bonchev–Trinajstić information content (AvgIpc) is 2.92. The van der Waals surface area contributed by atoms with Crippen LogP contribution in [0.25, 0.3) is 0 Å². The lowest BCUT2D eigenvalue weighted by molar-refractivity contribution is -0.117. The Hall–Kier alpha value is -1.18. The van der Waals surface area contributed by atoms with Gasteiger partial charge in [0.2, 0.25) is 0 Å². The van der Waals surface area contributed by atoms with Crippen LogP contribution in [0.4, 0.5) is 0 Å². The Kier molecular flexibility index (Phi) is 3.67. The number of carbonyl (C=O) groups excluding carboxylic acids is 2. The summed E-state index contributed by atoms with van der Waals surface area (Å²) in [5.74, 6) is 2.59. The molecule has 4 aliphatic carbocycles. The SMILES string of the molecule is C/C(C=O)=C1\CC[C@@H]2[C@H]3CCC4=CC(=O)CC[C@]4(C)[C@@H]3CC[C@]12C. The van der Waals surface area contributed by atoms with Crippen molar-refractivity contribution in [2.45, 2.75) is 72.1 Å². The Morgan fingerprint density at radius 1 is 1.04 bits per heavy atom. The zero-order valence-corrected chi connectivity index (χ0v) is 15.4. The predicted octanol–water partition coefficient (Wildman–Crippen LogP) is 5.03. The van der Waals surface area contributed by atoms with Crippen molar-refractivity contribution in [1.29, 1.82) is 0 Å². The molecule has 24 heavy (non-hydrogen) atoms. The van der Waals surface area contributed by atoms with Gasteiger partial charge in [-0.2, -0.15) is 0 Å². The monoisotopic (exact) mass is 326 g/mol. The van der Waals surface area contributed by atoms with Crippen molar-refractivity contribution >= 4 is 12.1 Å². The Morgan fingerprint density at radius 3 is 2.54 bits per heavy atom. The Morgan fingerprint density at radius 2 is 1.79 bits per heavy atom. The number of carbonyl (C=O) groups is 2. The van der Waals surface area contributed by atoms with Gasteiger partial charge in [-0.15, -0.1) is 0 Å². The highest BCUT2D eigenvalue weighted by Crippen LogP contribution is 2.66. The quantitative estimate of drug-likeness (QED) is 0.500. The molecule has 4 aliphatic rings. The second-order valence-corrected chi connectivity index (χ2v) is 9.24. The van der Waals surface area contributed by atoms with Crippen molar-refractivity contribution in [1.82, 2.24) is 0 Å². The van der Waals surface area contributed by atoms with E-state index in [1.54, 1.807) is 0 Å². The number of hydrogen-bond acceptors (Lipinski definition) is 2. The topological polar surface area (TPSA) is 34.1 Å². The number of aldehydes is 1. The number of fused-ring (bicyclic) bond motifs is 5. The molecule has 5 atom stereocenters. The highest BCUT2D eigenvalue weighted by atomic mass is 16.1. The lowest BCUT2D eigenvalue weighted by atomic mass is 9.47. The van der Waals surface area contributed by atoms with Gasteiger partial charge in [0, 0.05) is 6.42 Å². The van der Waals surface area contributed by atoms with Crippen molar-refractivity contribution < 1.29 is 9.59 Å². The molecule has 2 heteroatoms. The fourth-order valence-electron chi connectivity index (χ4n) is 7.09. The lowest BCUT2D eigenvalue weighted by Gasteiger charge is -2.57. The van der Waals surface area contributed by atoms with E-state index < -0.39 is 0 Å². The van der Waals surface area contributed by atoms with Crippen molar-refractivity contribution in [3.8, 4) is 0 Å². The minimum absolute atomic E-state index is 0.244. The van der Waals surface area contributed by atoms with Crippen LogP contribution in [0.15, 0.2) is 22.8 Å². The molecule has 0 aromatic rings. The molecule has 0 radical (unpaired) electrons. The van der Waals surface area contributed by atoms with Gasteiger partial charge in [0.1, 0.15) is 6.29 Å². The zero-order chi connectivity index (χ0) is 17.1. The first kappa shape index (κ1) is 16.3. The van der Waals surface area contributed by atoms with E-state index in [0.717, 1.165) is 55.3 Å². The fourth-order valence-corrected chi connectivity index (χ4v) is 7.09. The van der Waals surface area contributed by atoms with Gasteiger partial charge in [-0.25, -0.2) is 0 Å². The largest absolute Gasteiger partial charge is 0.298 e. The van der Waals surface area contributed by atoms with Gasteiger partial charge >= 0.3 is 0 Å². The molecule has 0 heterocycles. The van der Waals surface area contributed by atoms with Crippen LogP contribution in [0, 0.1) is 28.6 Å². The maximum absolute atomic E-state index is 11.9. The first-order chi connectivity index (χ1) is 11.4. The molecule has 0 aliphatic heterocycles. The summed E-state index contributed by atoms with van der Waals surface area (Å²) in [6.07, 6.45) is 12.1. The Labute approximate surface area is 145 Å². The van der Waals surface area contributed by atoms with Crippen LogP contribution in [-0.4, -0.2) is 12.1 Å². The Bertz CT molecular complexity index is 655. The van der Waals surface area contributed by atoms with E-state index in [0.29, 0.717) is 5.78 Å². The average molecular weight is 326 g/mol. The van der Waals surface area contributed by atoms with Crippen LogP contribution in [0.5, 0.6) is 0 Å². The van der Waals surface area contributed by atoms with Gasteiger partial charge in [-0.3, -0.25) is 9.59 Å². The Balaban J connectivity index is 1.70. The highest BCUT2D eigenvalue weighted by molar-refractivity contribution is 5.91. The van der Waals surface area contributed by atoms with Crippen LogP contribution in [0.3, 0.4) is 0 Å². The zero-order valence-electron chi connectivity index (χ0n) is 15.4. The van der Waals surface area contributed by atoms with Crippen molar-refractivity contribution in [2.75, 3.05) is 0 Å². The molecule has 0 saturated heterocycles. The molecular weight excluding hydrogens is 296 g/mol. The summed E-state index contributed by atoms with van der Waals surface area (Å²) in [5.41, 5.74) is 4.38. The second-order valence-electron chi connectivity index (χ2n) is 9.24. The summed E-state index contributed by atoms with van der Waals surface area (Å²) < 4.78 is 0. The van der Waals surface area contributed by atoms with E-state index in [1.165, 1.54) is 36.8 Å². The third kappa shape index (κ3) is 2.07. The molecule has 0 unspecified atom stereocenters. The standard InChI is InChI=1S/C22H30O2/c1-14(13-23)18-6-7-19-17-5-4-15-12-16(24)8-10-21(15,2)20(17)9-11-22(18,19)3/h12-13,17,19-20H,4-11H2,1-3H3/b18-14-/t17-,19-,20-,21+,22-/m1/s1. The molecule has 0 spiro atoms. The van der Waals surface area contributed by atoms with Crippen LogP contribution in [0.1, 0.15) is 72.1 Å². The van der Waals surface area contributed by atoms with Gasteiger partial charge in [0.25, 0.3) is 0 Å². The van der Waals surface area contributed by atoms with E-state index in [-0.39, 0.29) is 10.8 Å². The molecule has 2 nitrogen and oxygen atoms in total. The smallest absolute Gasteiger partial charge is 0.155 e. The molecule has 0 bridgehead atoms. The van der Waals surface area contributed by atoms with Crippen LogP contribution in [-0.2, 0) is 9.59 Å². The summed E-state index contributed by atoms with van der Waals surface area (Å²) in [6.45, 7) is 6.88. The first-order valence-corrected chi connectivity index (χ1v) is 9.79. The highest BCUT2D eigenvalue weighted by Gasteiger charge is 2.57. The van der Waals surface area contributed by atoms with Gasteiger partial charge < -0.3 is 0 Å². The minimum Gasteiger partial charge on any atom is -0.298 e. The normalized spacial score (nSPS) is 46.5. The molecule has 4 rings (SSSR count). The van der Waals surface area contributed by atoms with Gasteiger partial charge in [0.05, 0.1) is 0 Å². The molecular formula is C22H30O2. The summed E-state index contributed by atoms with van der Waals surface area (Å²) in [4.78, 5) is 23.3. The van der Waals surface area contributed by atoms with E-state index in [4.69, 9.17) is 0 Å². The van der Waals surface area contributed by atoms with Crippen LogP contribution in [0.2, 0.25) is 0 Å². The van der Waals surface area contributed by atoms with E-state index in [9.17, 15) is 9.59 Å². The van der Waals surface area contributed by atoms with Crippen LogP contribution >= 0.6 is 0 Å². The predicted molar refractivity (Wildman–Crippen MR) is 95.5 cm³/mol. The third-order valence-electron chi connectivity index (χ3n) is 8.40. The maximum Gasteiger partial charge on any atom is 0.155 e. The van der Waals surface area contributed by atoms with Crippen molar-refractivity contribution in [3.63, 3.8) is 0 Å². The van der Waals surface area contributed by atoms with Crippen molar-refractivity contribution in [3.05, 3.63) is 22.8 Å². The minimum atomic E-state index is 0.244. The lowest BCUT2D eigenvalue weighted by Crippen LogP contribution is -2.49. The maximum atomic E-state index is 11.9. The van der Waals surface area contributed by atoms with E-state index in [1.807, 2.05) is 13.0 Å². The fraction of sp³-hybridized carbons (Fsp3) is 0.727. The molecule has 3 saturated carbocycles. The number of hydrogen-bond donors (Lipinski definition) is 0. The summed E-state index contributed by atoms with van der Waals surface area (Å²) in [6, 6.07) is 0. The summed E-state index contributed by atoms with van der Waals surface area (Å²) >= 11 is 0. The van der Waals surface area contributed by atoms with E-state index >= 15 is 0 Å². The molecule has 3 fully saturated rings. The van der Waals surface area contributed by atoms with Crippen LogP contribution < -0.4 is 0 Å². The second kappa shape index (κ2) is 5.41. The molecule has 130 valence electrons.